The van der Waals surface area contributed by atoms with Gasteiger partial charge in [0, 0.05) is 12.2 Å². The largest absolute Gasteiger partial charge is 0.377 e. The van der Waals surface area contributed by atoms with Crippen molar-refractivity contribution in [1.29, 1.82) is 5.26 Å². The Morgan fingerprint density at radius 1 is 1.41 bits per heavy atom. The fourth-order valence-corrected chi connectivity index (χ4v) is 4.36. The number of anilines is 1. The molecule has 27 heavy (non-hydrogen) atoms. The van der Waals surface area contributed by atoms with Crippen LogP contribution in [0.25, 0.3) is 21.6 Å². The molecule has 0 radical (unpaired) electrons. The average molecular weight is 382 g/mol. The molecule has 0 aliphatic carbocycles. The van der Waals surface area contributed by atoms with Gasteiger partial charge in [-0.05, 0) is 56.9 Å². The fourth-order valence-electron chi connectivity index (χ4n) is 3.35. The molecule has 1 atom stereocenters. The average Bonchev–Trinajstić information content (AvgIpc) is 3.27. The molecule has 0 aromatic carbocycles. The summed E-state index contributed by atoms with van der Waals surface area (Å²) in [4.78, 5) is 7.21. The molecule has 1 aliphatic rings. The van der Waals surface area contributed by atoms with Gasteiger partial charge in [-0.25, -0.2) is 4.98 Å². The Bertz CT molecular complexity index is 1030. The van der Waals surface area contributed by atoms with Gasteiger partial charge in [0.05, 0.1) is 35.4 Å². The minimum absolute atomic E-state index is 0.226. The van der Waals surface area contributed by atoms with E-state index in [9.17, 15) is 5.26 Å². The molecule has 140 valence electrons. The first-order valence-electron chi connectivity index (χ1n) is 8.99. The minimum Gasteiger partial charge on any atom is -0.377 e. The molecule has 1 fully saturated rings. The third kappa shape index (κ3) is 3.07. The topological polar surface area (TPSA) is 90.7 Å². The second kappa shape index (κ2) is 6.59. The quantitative estimate of drug-likeness (QED) is 0.746. The molecule has 1 N–H and O–H groups in total. The van der Waals surface area contributed by atoms with Crippen LogP contribution in [0.3, 0.4) is 0 Å². The van der Waals surface area contributed by atoms with E-state index in [1.807, 2.05) is 32.9 Å². The first kappa shape index (κ1) is 17.9. The van der Waals surface area contributed by atoms with E-state index in [4.69, 9.17) is 9.72 Å². The standard InChI is InChI=1S/C19H22N6OS/c1-11-7-14(23-22-11)16-17-18(27-24-16)13(19(3,4)10-20)8-15(21-17)25-5-6-26-9-12(25)2/h7-8,12H,5-6,9H2,1-4H3,(H,22,23)/t12-/m1/s1. The zero-order valence-corrected chi connectivity index (χ0v) is 16.7. The zero-order valence-electron chi connectivity index (χ0n) is 15.9. The monoisotopic (exact) mass is 382 g/mol. The summed E-state index contributed by atoms with van der Waals surface area (Å²) in [6.45, 7) is 10.1. The van der Waals surface area contributed by atoms with Crippen molar-refractivity contribution in [2.45, 2.75) is 39.2 Å². The first-order chi connectivity index (χ1) is 12.9. The SMILES string of the molecule is Cc1cc(-c2nsc3c(C(C)(C)C#N)cc(N4CCOC[C@H]4C)nc23)n[nH]1. The minimum atomic E-state index is -0.642. The first-order valence-corrected chi connectivity index (χ1v) is 9.77. The Labute approximate surface area is 162 Å². The van der Waals surface area contributed by atoms with Crippen LogP contribution in [0.2, 0.25) is 0 Å². The van der Waals surface area contributed by atoms with Crippen molar-refractivity contribution in [2.24, 2.45) is 0 Å². The number of nitrogens with zero attached hydrogens (tertiary/aromatic N) is 5. The summed E-state index contributed by atoms with van der Waals surface area (Å²) in [5.74, 6) is 0.866. The molecule has 0 saturated carbocycles. The van der Waals surface area contributed by atoms with Crippen molar-refractivity contribution in [3.05, 3.63) is 23.4 Å². The lowest BCUT2D eigenvalue weighted by molar-refractivity contribution is 0.0985. The van der Waals surface area contributed by atoms with E-state index in [0.29, 0.717) is 13.2 Å². The lowest BCUT2D eigenvalue weighted by Gasteiger charge is -2.35. The summed E-state index contributed by atoms with van der Waals surface area (Å²) < 4.78 is 11.2. The second-order valence-electron chi connectivity index (χ2n) is 7.53. The number of nitriles is 1. The van der Waals surface area contributed by atoms with Crippen LogP contribution in [0.5, 0.6) is 0 Å². The van der Waals surface area contributed by atoms with Crippen molar-refractivity contribution in [2.75, 3.05) is 24.7 Å². The molecule has 0 amide bonds. The maximum atomic E-state index is 9.75. The van der Waals surface area contributed by atoms with Gasteiger partial charge in [-0.2, -0.15) is 14.7 Å². The molecule has 8 heteroatoms. The number of pyridine rings is 1. The van der Waals surface area contributed by atoms with Crippen molar-refractivity contribution in [1.82, 2.24) is 19.6 Å². The van der Waals surface area contributed by atoms with E-state index < -0.39 is 5.41 Å². The van der Waals surface area contributed by atoms with E-state index >= 15 is 0 Å². The van der Waals surface area contributed by atoms with E-state index in [-0.39, 0.29) is 6.04 Å². The van der Waals surface area contributed by atoms with Crippen molar-refractivity contribution >= 4 is 27.6 Å². The molecule has 1 saturated heterocycles. The number of hydrogen-bond acceptors (Lipinski definition) is 7. The highest BCUT2D eigenvalue weighted by atomic mass is 32.1. The van der Waals surface area contributed by atoms with Crippen LogP contribution >= 0.6 is 11.5 Å². The number of rotatable bonds is 3. The fraction of sp³-hybridized carbons (Fsp3) is 0.474. The Balaban J connectivity index is 1.95. The highest BCUT2D eigenvalue weighted by molar-refractivity contribution is 7.13. The molecular formula is C19H22N6OS. The Morgan fingerprint density at radius 2 is 2.22 bits per heavy atom. The van der Waals surface area contributed by atoms with Crippen molar-refractivity contribution < 1.29 is 4.74 Å². The van der Waals surface area contributed by atoms with Gasteiger partial charge in [-0.15, -0.1) is 0 Å². The number of morpholine rings is 1. The molecule has 4 rings (SSSR count). The van der Waals surface area contributed by atoms with Gasteiger partial charge in [-0.3, -0.25) is 5.10 Å². The number of ether oxygens (including phenoxy) is 1. The summed E-state index contributed by atoms with van der Waals surface area (Å²) in [5.41, 5.74) is 3.63. The van der Waals surface area contributed by atoms with Crippen LogP contribution in [0, 0.1) is 18.3 Å². The number of nitrogens with one attached hydrogen (secondary N) is 1. The summed E-state index contributed by atoms with van der Waals surface area (Å²) in [5, 5.41) is 17.1. The Morgan fingerprint density at radius 3 is 2.89 bits per heavy atom. The number of hydrogen-bond donors (Lipinski definition) is 1. The number of aryl methyl sites for hydroxylation is 1. The van der Waals surface area contributed by atoms with Crippen molar-refractivity contribution in [3.8, 4) is 17.5 Å². The summed E-state index contributed by atoms with van der Waals surface area (Å²) in [6, 6.07) is 6.67. The molecule has 3 aromatic heterocycles. The maximum absolute atomic E-state index is 9.75. The lowest BCUT2D eigenvalue weighted by Crippen LogP contribution is -2.44. The Kier molecular flexibility index (Phi) is 4.36. The molecular weight excluding hydrogens is 360 g/mol. The van der Waals surface area contributed by atoms with E-state index in [1.165, 1.54) is 11.5 Å². The van der Waals surface area contributed by atoms with Gasteiger partial charge >= 0.3 is 0 Å². The third-order valence-electron chi connectivity index (χ3n) is 4.98. The predicted molar refractivity (Wildman–Crippen MR) is 106 cm³/mol. The molecule has 4 heterocycles. The van der Waals surface area contributed by atoms with Gasteiger partial charge < -0.3 is 9.64 Å². The molecule has 0 unspecified atom stereocenters. The van der Waals surface area contributed by atoms with E-state index in [2.05, 4.69) is 32.5 Å². The van der Waals surface area contributed by atoms with Crippen LogP contribution < -0.4 is 4.90 Å². The van der Waals surface area contributed by atoms with Crippen LogP contribution in [0.1, 0.15) is 32.0 Å². The van der Waals surface area contributed by atoms with Crippen molar-refractivity contribution in [3.63, 3.8) is 0 Å². The molecule has 3 aromatic rings. The van der Waals surface area contributed by atoms with Gasteiger partial charge in [0.15, 0.2) is 0 Å². The van der Waals surface area contributed by atoms with Crippen LogP contribution in [0.15, 0.2) is 12.1 Å². The second-order valence-corrected chi connectivity index (χ2v) is 8.30. The number of H-pyrrole nitrogens is 1. The summed E-state index contributed by atoms with van der Waals surface area (Å²) in [6.07, 6.45) is 0. The maximum Gasteiger partial charge on any atom is 0.131 e. The molecule has 7 nitrogen and oxygen atoms in total. The van der Waals surface area contributed by atoms with E-state index in [0.717, 1.165) is 45.2 Å². The highest BCUT2D eigenvalue weighted by Gasteiger charge is 2.29. The van der Waals surface area contributed by atoms with Crippen LogP contribution in [-0.2, 0) is 10.2 Å². The van der Waals surface area contributed by atoms with E-state index in [1.54, 1.807) is 0 Å². The molecule has 1 aliphatic heterocycles. The highest BCUT2D eigenvalue weighted by Crippen LogP contribution is 2.39. The lowest BCUT2D eigenvalue weighted by atomic mass is 9.86. The van der Waals surface area contributed by atoms with Crippen LogP contribution in [0.4, 0.5) is 5.82 Å². The Hall–Kier alpha value is -2.50. The zero-order chi connectivity index (χ0) is 19.2. The predicted octanol–water partition coefficient (Wildman–Crippen LogP) is 3.42. The number of aromatic amines is 1. The van der Waals surface area contributed by atoms with Crippen LogP contribution in [-0.4, -0.2) is 45.4 Å². The summed E-state index contributed by atoms with van der Waals surface area (Å²) >= 11 is 1.38. The number of aromatic nitrogens is 4. The molecule has 0 bridgehead atoms. The molecule has 0 spiro atoms. The number of fused-ring (bicyclic) bond motifs is 1. The van der Waals surface area contributed by atoms with Gasteiger partial charge in [0.25, 0.3) is 0 Å². The summed E-state index contributed by atoms with van der Waals surface area (Å²) in [7, 11) is 0. The normalized spacial score (nSPS) is 18.0. The van der Waals surface area contributed by atoms with Gasteiger partial charge in [-0.1, -0.05) is 0 Å². The van der Waals surface area contributed by atoms with Gasteiger partial charge in [0.2, 0.25) is 0 Å². The van der Waals surface area contributed by atoms with Gasteiger partial charge in [0.1, 0.15) is 22.7 Å². The smallest absolute Gasteiger partial charge is 0.131 e. The third-order valence-corrected chi connectivity index (χ3v) is 5.85.